The fourth-order valence-corrected chi connectivity index (χ4v) is 1.56. The lowest BCUT2D eigenvalue weighted by atomic mass is 9.81. The minimum atomic E-state index is -0.130. The number of hydrogen-bond acceptors (Lipinski definition) is 1. The molecule has 1 aromatic rings. The summed E-state index contributed by atoms with van der Waals surface area (Å²) in [6, 6.07) is 7.01. The maximum Gasteiger partial charge on any atom is 0.127 e. The Labute approximate surface area is 104 Å². The molecule has 1 nitrogen and oxygen atoms in total. The largest absolute Gasteiger partial charge is 0.310 e. The van der Waals surface area contributed by atoms with Crippen molar-refractivity contribution in [1.82, 2.24) is 5.32 Å². The molecule has 0 aliphatic carbocycles. The lowest BCUT2D eigenvalue weighted by molar-refractivity contribution is 0.230. The van der Waals surface area contributed by atoms with E-state index in [1.165, 1.54) is 6.07 Å². The Balaban J connectivity index is 2.62. The molecule has 0 amide bonds. The maximum atomic E-state index is 13.6. The van der Waals surface area contributed by atoms with Crippen LogP contribution in [0.15, 0.2) is 24.3 Å². The van der Waals surface area contributed by atoms with E-state index in [4.69, 9.17) is 0 Å². The molecule has 1 atom stereocenters. The van der Waals surface area contributed by atoms with E-state index < -0.39 is 0 Å². The van der Waals surface area contributed by atoms with Gasteiger partial charge in [-0.05, 0) is 24.3 Å². The predicted octanol–water partition coefficient (Wildman–Crippen LogP) is 4.16. The second kappa shape index (κ2) is 5.63. The molecule has 96 valence electrons. The molecule has 0 saturated heterocycles. The highest BCUT2D eigenvalue weighted by Gasteiger charge is 2.23. The van der Waals surface area contributed by atoms with Crippen LogP contribution in [0.4, 0.5) is 4.39 Å². The van der Waals surface area contributed by atoms with Crippen LogP contribution in [0.2, 0.25) is 0 Å². The summed E-state index contributed by atoms with van der Waals surface area (Å²) in [5.74, 6) is 0.470. The SMILES string of the molecule is CC(NCC(C)(C)C(C)C)c1ccccc1F. The van der Waals surface area contributed by atoms with Crippen LogP contribution in [0.3, 0.4) is 0 Å². The molecule has 0 fully saturated rings. The van der Waals surface area contributed by atoms with Gasteiger partial charge in [0.25, 0.3) is 0 Å². The average molecular weight is 237 g/mol. The molecule has 0 aliphatic heterocycles. The molecule has 0 aliphatic rings. The van der Waals surface area contributed by atoms with Crippen molar-refractivity contribution in [2.45, 2.75) is 40.7 Å². The number of rotatable bonds is 5. The zero-order chi connectivity index (χ0) is 13.1. The van der Waals surface area contributed by atoms with Gasteiger partial charge in [0.2, 0.25) is 0 Å². The molecule has 1 aromatic carbocycles. The van der Waals surface area contributed by atoms with Crippen LogP contribution in [0, 0.1) is 17.2 Å². The van der Waals surface area contributed by atoms with E-state index in [1.54, 1.807) is 6.07 Å². The molecule has 1 rings (SSSR count). The van der Waals surface area contributed by atoms with Crippen LogP contribution in [-0.4, -0.2) is 6.54 Å². The first-order chi connectivity index (χ1) is 7.84. The molecule has 2 heteroatoms. The van der Waals surface area contributed by atoms with Gasteiger partial charge in [0.05, 0.1) is 0 Å². The highest BCUT2D eigenvalue weighted by atomic mass is 19.1. The van der Waals surface area contributed by atoms with Gasteiger partial charge in [0, 0.05) is 18.2 Å². The van der Waals surface area contributed by atoms with Gasteiger partial charge in [-0.1, -0.05) is 45.9 Å². The Hall–Kier alpha value is -0.890. The van der Waals surface area contributed by atoms with Gasteiger partial charge < -0.3 is 5.32 Å². The maximum absolute atomic E-state index is 13.6. The fraction of sp³-hybridized carbons (Fsp3) is 0.600. The Morgan fingerprint density at radius 3 is 2.29 bits per heavy atom. The minimum absolute atomic E-state index is 0.0502. The van der Waals surface area contributed by atoms with E-state index in [1.807, 2.05) is 19.1 Å². The number of benzene rings is 1. The Morgan fingerprint density at radius 1 is 1.18 bits per heavy atom. The fourth-order valence-electron chi connectivity index (χ4n) is 1.56. The number of nitrogens with one attached hydrogen (secondary N) is 1. The molecule has 0 heterocycles. The topological polar surface area (TPSA) is 12.0 Å². The predicted molar refractivity (Wildman–Crippen MR) is 71.4 cm³/mol. The van der Waals surface area contributed by atoms with Crippen molar-refractivity contribution in [3.8, 4) is 0 Å². The van der Waals surface area contributed by atoms with Crippen molar-refractivity contribution in [3.05, 3.63) is 35.6 Å². The number of halogens is 1. The highest BCUT2D eigenvalue weighted by molar-refractivity contribution is 5.20. The summed E-state index contributed by atoms with van der Waals surface area (Å²) < 4.78 is 13.6. The number of hydrogen-bond donors (Lipinski definition) is 1. The summed E-state index contributed by atoms with van der Waals surface area (Å²) in [7, 11) is 0. The molecule has 0 bridgehead atoms. The summed E-state index contributed by atoms with van der Waals surface area (Å²) >= 11 is 0. The summed E-state index contributed by atoms with van der Waals surface area (Å²) in [5, 5.41) is 3.42. The quantitative estimate of drug-likeness (QED) is 0.811. The van der Waals surface area contributed by atoms with Crippen molar-refractivity contribution >= 4 is 0 Å². The van der Waals surface area contributed by atoms with Gasteiger partial charge in [-0.25, -0.2) is 4.39 Å². The normalized spacial score (nSPS) is 14.1. The van der Waals surface area contributed by atoms with E-state index >= 15 is 0 Å². The molecular formula is C15H24FN. The van der Waals surface area contributed by atoms with Gasteiger partial charge in [0.1, 0.15) is 5.82 Å². The first-order valence-electron chi connectivity index (χ1n) is 6.32. The Kier molecular flexibility index (Phi) is 4.70. The van der Waals surface area contributed by atoms with Gasteiger partial charge in [0.15, 0.2) is 0 Å². The Morgan fingerprint density at radius 2 is 1.76 bits per heavy atom. The van der Waals surface area contributed by atoms with Crippen molar-refractivity contribution in [1.29, 1.82) is 0 Å². The molecule has 1 unspecified atom stereocenters. The highest BCUT2D eigenvalue weighted by Crippen LogP contribution is 2.26. The van der Waals surface area contributed by atoms with E-state index in [0.717, 1.165) is 12.1 Å². The first kappa shape index (κ1) is 14.2. The van der Waals surface area contributed by atoms with Crippen LogP contribution in [-0.2, 0) is 0 Å². The second-order valence-electron chi connectivity index (χ2n) is 5.77. The molecule has 0 aromatic heterocycles. The van der Waals surface area contributed by atoms with E-state index in [-0.39, 0.29) is 17.3 Å². The zero-order valence-electron chi connectivity index (χ0n) is 11.5. The molecular weight excluding hydrogens is 213 g/mol. The summed E-state index contributed by atoms with van der Waals surface area (Å²) in [5.41, 5.74) is 0.964. The zero-order valence-corrected chi connectivity index (χ0v) is 11.5. The lowest BCUT2D eigenvalue weighted by Gasteiger charge is -2.31. The van der Waals surface area contributed by atoms with E-state index in [2.05, 4.69) is 33.0 Å². The average Bonchev–Trinajstić information content (AvgIpc) is 2.26. The van der Waals surface area contributed by atoms with E-state index in [9.17, 15) is 4.39 Å². The molecule has 0 saturated carbocycles. The molecule has 17 heavy (non-hydrogen) atoms. The van der Waals surface area contributed by atoms with Crippen LogP contribution < -0.4 is 5.32 Å². The van der Waals surface area contributed by atoms with Crippen LogP contribution >= 0.6 is 0 Å². The minimum Gasteiger partial charge on any atom is -0.310 e. The van der Waals surface area contributed by atoms with Crippen molar-refractivity contribution < 1.29 is 4.39 Å². The molecule has 1 N–H and O–H groups in total. The third-order valence-electron chi connectivity index (χ3n) is 3.80. The first-order valence-corrected chi connectivity index (χ1v) is 6.32. The lowest BCUT2D eigenvalue weighted by Crippen LogP contribution is -2.35. The third kappa shape index (κ3) is 3.81. The van der Waals surface area contributed by atoms with Crippen molar-refractivity contribution in [2.24, 2.45) is 11.3 Å². The van der Waals surface area contributed by atoms with Gasteiger partial charge >= 0.3 is 0 Å². The third-order valence-corrected chi connectivity index (χ3v) is 3.80. The van der Waals surface area contributed by atoms with Crippen LogP contribution in [0.1, 0.15) is 46.2 Å². The molecule has 0 spiro atoms. The summed E-state index contributed by atoms with van der Waals surface area (Å²) in [6.07, 6.45) is 0. The summed E-state index contributed by atoms with van der Waals surface area (Å²) in [4.78, 5) is 0. The standard InChI is InChI=1S/C15H24FN/c1-11(2)15(4,5)10-17-12(3)13-8-6-7-9-14(13)16/h6-9,11-12,17H,10H2,1-5H3. The monoisotopic (exact) mass is 237 g/mol. The van der Waals surface area contributed by atoms with Crippen molar-refractivity contribution in [2.75, 3.05) is 6.54 Å². The second-order valence-corrected chi connectivity index (χ2v) is 5.77. The molecule has 0 radical (unpaired) electrons. The van der Waals surface area contributed by atoms with E-state index in [0.29, 0.717) is 5.92 Å². The van der Waals surface area contributed by atoms with Gasteiger partial charge in [-0.15, -0.1) is 0 Å². The van der Waals surface area contributed by atoms with Gasteiger partial charge in [-0.2, -0.15) is 0 Å². The smallest absolute Gasteiger partial charge is 0.127 e. The Bertz CT molecular complexity index is 358. The van der Waals surface area contributed by atoms with Gasteiger partial charge in [-0.3, -0.25) is 0 Å². The van der Waals surface area contributed by atoms with Crippen LogP contribution in [0.25, 0.3) is 0 Å². The summed E-state index contributed by atoms with van der Waals surface area (Å²) in [6.45, 7) is 11.8. The van der Waals surface area contributed by atoms with Crippen molar-refractivity contribution in [3.63, 3.8) is 0 Å². The van der Waals surface area contributed by atoms with Crippen LogP contribution in [0.5, 0.6) is 0 Å².